The maximum atomic E-state index is 6.30. The second-order valence-corrected chi connectivity index (χ2v) is 8.59. The molecule has 0 saturated carbocycles. The molecule has 4 N–H and O–H groups in total. The van der Waals surface area contributed by atoms with Crippen molar-refractivity contribution in [1.82, 2.24) is 20.3 Å². The van der Waals surface area contributed by atoms with Crippen LogP contribution in [0.2, 0.25) is 0 Å². The fraction of sp³-hybridized carbons (Fsp3) is 0.400. The monoisotopic (exact) mass is 446 g/mol. The molecular weight excluding hydrogens is 416 g/mol. The normalized spacial score (nSPS) is 17.6. The molecular formula is C25H30N6O2. The third-order valence-electron chi connectivity index (χ3n) is 6.25. The van der Waals surface area contributed by atoms with Crippen LogP contribution in [0.25, 0.3) is 11.1 Å². The van der Waals surface area contributed by atoms with Crippen LogP contribution >= 0.6 is 0 Å². The summed E-state index contributed by atoms with van der Waals surface area (Å²) in [5.74, 6) is 2.59. The molecule has 8 nitrogen and oxygen atoms in total. The Labute approximate surface area is 194 Å². The highest BCUT2D eigenvalue weighted by molar-refractivity contribution is 5.73. The molecule has 0 atom stereocenters. The van der Waals surface area contributed by atoms with E-state index in [0.717, 1.165) is 74.6 Å². The second kappa shape index (κ2) is 10.1. The van der Waals surface area contributed by atoms with Gasteiger partial charge in [0.1, 0.15) is 23.5 Å². The maximum Gasteiger partial charge on any atom is 0.150 e. The van der Waals surface area contributed by atoms with Crippen LogP contribution in [0, 0.1) is 0 Å². The van der Waals surface area contributed by atoms with Crippen LogP contribution in [-0.4, -0.2) is 47.4 Å². The van der Waals surface area contributed by atoms with Crippen LogP contribution in [0.1, 0.15) is 37.3 Å². The van der Waals surface area contributed by atoms with Crippen LogP contribution in [0.5, 0.6) is 5.75 Å². The van der Waals surface area contributed by atoms with Gasteiger partial charge in [0.25, 0.3) is 0 Å². The van der Waals surface area contributed by atoms with Crippen molar-refractivity contribution in [2.45, 2.75) is 37.7 Å². The summed E-state index contributed by atoms with van der Waals surface area (Å²) < 4.78 is 11.5. The summed E-state index contributed by atoms with van der Waals surface area (Å²) in [4.78, 5) is 13.6. The lowest BCUT2D eigenvalue weighted by Gasteiger charge is -2.24. The van der Waals surface area contributed by atoms with Gasteiger partial charge in [0.2, 0.25) is 0 Å². The maximum absolute atomic E-state index is 6.30. The number of benzene rings is 1. The van der Waals surface area contributed by atoms with Crippen LogP contribution in [0.3, 0.4) is 0 Å². The van der Waals surface area contributed by atoms with Gasteiger partial charge in [0.05, 0.1) is 37.0 Å². The number of aromatic nitrogens is 3. The van der Waals surface area contributed by atoms with Crippen molar-refractivity contribution < 1.29 is 9.47 Å². The first-order chi connectivity index (χ1) is 16.2. The number of nitrogens with one attached hydrogen (secondary N) is 2. The summed E-state index contributed by atoms with van der Waals surface area (Å²) in [6.45, 7) is 3.55. The molecule has 1 aromatic carbocycles. The molecule has 3 aromatic rings. The number of anilines is 3. The summed E-state index contributed by atoms with van der Waals surface area (Å²) in [7, 11) is 0. The fourth-order valence-corrected chi connectivity index (χ4v) is 4.35. The number of ether oxygens (including phenoxy) is 2. The predicted octanol–water partition coefficient (Wildman–Crippen LogP) is 3.89. The minimum absolute atomic E-state index is 0.158. The first kappa shape index (κ1) is 21.6. The lowest BCUT2D eigenvalue weighted by atomic mass is 9.95. The van der Waals surface area contributed by atoms with Gasteiger partial charge < -0.3 is 25.8 Å². The van der Waals surface area contributed by atoms with E-state index in [1.165, 1.54) is 0 Å². The van der Waals surface area contributed by atoms with Gasteiger partial charge in [-0.15, -0.1) is 0 Å². The standard InChI is InChI=1S/C25H30N6O2/c26-21-13-18(1-2-23(21)33-20-6-11-32-12-7-20)19-5-10-28-24(14-19)31-25-16-29-22(15-30-25)17-3-8-27-9-4-17/h1-2,5,10,13-17,20,27H,3-4,6-9,11-12,26H2,(H,28,30,31). The number of rotatable bonds is 6. The Hall–Kier alpha value is -3.23. The van der Waals surface area contributed by atoms with Crippen molar-refractivity contribution in [3.63, 3.8) is 0 Å². The third kappa shape index (κ3) is 5.40. The molecule has 2 fully saturated rings. The zero-order valence-corrected chi connectivity index (χ0v) is 18.7. The molecule has 2 aliphatic rings. The lowest BCUT2D eigenvalue weighted by molar-refractivity contribution is 0.0259. The van der Waals surface area contributed by atoms with Crippen molar-refractivity contribution in [1.29, 1.82) is 0 Å². The molecule has 2 aromatic heterocycles. The molecule has 0 bridgehead atoms. The summed E-state index contributed by atoms with van der Waals surface area (Å²) in [6.07, 6.45) is 9.58. The highest BCUT2D eigenvalue weighted by atomic mass is 16.5. The highest BCUT2D eigenvalue weighted by Crippen LogP contribution is 2.31. The zero-order valence-electron chi connectivity index (χ0n) is 18.7. The van der Waals surface area contributed by atoms with E-state index in [1.807, 2.05) is 36.5 Å². The third-order valence-corrected chi connectivity index (χ3v) is 6.25. The molecule has 0 unspecified atom stereocenters. The molecule has 172 valence electrons. The van der Waals surface area contributed by atoms with Gasteiger partial charge in [-0.3, -0.25) is 4.98 Å². The van der Waals surface area contributed by atoms with Crippen molar-refractivity contribution in [2.75, 3.05) is 37.4 Å². The Balaban J connectivity index is 1.26. The number of nitrogens with zero attached hydrogens (tertiary/aromatic N) is 3. The van der Waals surface area contributed by atoms with E-state index in [2.05, 4.69) is 25.6 Å². The lowest BCUT2D eigenvalue weighted by Crippen LogP contribution is -2.27. The van der Waals surface area contributed by atoms with Crippen LogP contribution in [0.15, 0.2) is 48.9 Å². The van der Waals surface area contributed by atoms with E-state index in [1.54, 1.807) is 12.4 Å². The quantitative estimate of drug-likeness (QED) is 0.490. The van der Waals surface area contributed by atoms with E-state index in [0.29, 0.717) is 23.2 Å². The Bertz CT molecular complexity index is 1060. The van der Waals surface area contributed by atoms with Crippen molar-refractivity contribution in [2.24, 2.45) is 0 Å². The minimum atomic E-state index is 0.158. The summed E-state index contributed by atoms with van der Waals surface area (Å²) in [5, 5.41) is 6.64. The van der Waals surface area contributed by atoms with E-state index in [-0.39, 0.29) is 6.10 Å². The Morgan fingerprint density at radius 2 is 1.73 bits per heavy atom. The van der Waals surface area contributed by atoms with Crippen molar-refractivity contribution in [3.05, 3.63) is 54.6 Å². The number of hydrogen-bond donors (Lipinski definition) is 3. The SMILES string of the molecule is Nc1cc(-c2ccnc(Nc3cnc(C4CCNCC4)cn3)c2)ccc1OC1CCOCC1. The average Bonchev–Trinajstić information content (AvgIpc) is 2.87. The minimum Gasteiger partial charge on any atom is -0.488 e. The molecule has 0 radical (unpaired) electrons. The number of nitrogen functional groups attached to an aromatic ring is 1. The summed E-state index contributed by atoms with van der Waals surface area (Å²) in [5.41, 5.74) is 10.0. The second-order valence-electron chi connectivity index (χ2n) is 8.59. The van der Waals surface area contributed by atoms with E-state index < -0.39 is 0 Å². The van der Waals surface area contributed by atoms with Gasteiger partial charge >= 0.3 is 0 Å². The van der Waals surface area contributed by atoms with Crippen LogP contribution in [0.4, 0.5) is 17.3 Å². The Morgan fingerprint density at radius 3 is 2.48 bits per heavy atom. The molecule has 0 aliphatic carbocycles. The van der Waals surface area contributed by atoms with E-state index in [4.69, 9.17) is 15.2 Å². The van der Waals surface area contributed by atoms with E-state index >= 15 is 0 Å². The summed E-state index contributed by atoms with van der Waals surface area (Å²) in [6, 6.07) is 9.86. The Morgan fingerprint density at radius 1 is 0.909 bits per heavy atom. The number of nitrogens with two attached hydrogens (primary N) is 1. The average molecular weight is 447 g/mol. The van der Waals surface area contributed by atoms with E-state index in [9.17, 15) is 0 Å². The smallest absolute Gasteiger partial charge is 0.150 e. The van der Waals surface area contributed by atoms with Crippen LogP contribution in [-0.2, 0) is 4.74 Å². The fourth-order valence-electron chi connectivity index (χ4n) is 4.35. The number of pyridine rings is 1. The van der Waals surface area contributed by atoms with Gasteiger partial charge in [-0.2, -0.15) is 0 Å². The predicted molar refractivity (Wildman–Crippen MR) is 129 cm³/mol. The van der Waals surface area contributed by atoms with Crippen molar-refractivity contribution >= 4 is 17.3 Å². The van der Waals surface area contributed by atoms with Gasteiger partial charge in [-0.05, 0) is 61.3 Å². The molecule has 5 rings (SSSR count). The summed E-state index contributed by atoms with van der Waals surface area (Å²) >= 11 is 0. The topological polar surface area (TPSA) is 107 Å². The van der Waals surface area contributed by atoms with Gasteiger partial charge in [0.15, 0.2) is 0 Å². The zero-order chi connectivity index (χ0) is 22.5. The highest BCUT2D eigenvalue weighted by Gasteiger charge is 2.18. The first-order valence-electron chi connectivity index (χ1n) is 11.6. The van der Waals surface area contributed by atoms with Crippen molar-refractivity contribution in [3.8, 4) is 16.9 Å². The molecule has 0 spiro atoms. The van der Waals surface area contributed by atoms with Gasteiger partial charge in [0, 0.05) is 25.0 Å². The molecule has 0 amide bonds. The molecule has 4 heterocycles. The molecule has 2 saturated heterocycles. The molecule has 8 heteroatoms. The number of piperidine rings is 1. The first-order valence-corrected chi connectivity index (χ1v) is 11.6. The largest absolute Gasteiger partial charge is 0.488 e. The van der Waals surface area contributed by atoms with Gasteiger partial charge in [-0.25, -0.2) is 9.97 Å². The Kier molecular flexibility index (Phi) is 6.64. The van der Waals surface area contributed by atoms with Gasteiger partial charge in [-0.1, -0.05) is 6.07 Å². The number of hydrogen-bond acceptors (Lipinski definition) is 8. The molecule has 2 aliphatic heterocycles. The molecule has 33 heavy (non-hydrogen) atoms. The van der Waals surface area contributed by atoms with Crippen LogP contribution < -0.4 is 21.1 Å².